The Labute approximate surface area is 227 Å². The van der Waals surface area contributed by atoms with Crippen molar-refractivity contribution >= 4 is 11.9 Å². The Hall–Kier alpha value is -3.94. The normalized spacial score (nSPS) is 16.2. The number of hydrogen-bond donors (Lipinski definition) is 4. The van der Waals surface area contributed by atoms with Gasteiger partial charge >= 0.3 is 12.1 Å². The standard InChI is InChI=1S/C25H28N4O4.C2HF3O2/c30-19(15-29-9-11-32-12-10-29)16-33-20-3-1-17(2-4-20)23-13-18(5-7-26-23)24-14-21-22(28-24)6-8-27-25(21)31;3-2(4,5)1(6)7/h1-5,7,13-14,19,28,30H,6,8-12,15-16H2,(H,27,31);(H,6,7). The highest BCUT2D eigenvalue weighted by atomic mass is 19.4. The molecule has 1 fully saturated rings. The van der Waals surface area contributed by atoms with Crippen molar-refractivity contribution in [3.63, 3.8) is 0 Å². The molecule has 0 saturated carbocycles. The fourth-order valence-corrected chi connectivity index (χ4v) is 4.25. The minimum Gasteiger partial charge on any atom is -0.491 e. The summed E-state index contributed by atoms with van der Waals surface area (Å²) in [6.45, 7) is 4.60. The number of ether oxygens (including phenoxy) is 2. The van der Waals surface area contributed by atoms with Crippen LogP contribution in [0.4, 0.5) is 13.2 Å². The third-order valence-electron chi connectivity index (χ3n) is 6.28. The molecule has 1 aromatic carbocycles. The molecule has 0 radical (unpaired) electrons. The predicted octanol–water partition coefficient (Wildman–Crippen LogP) is 2.73. The number of H-pyrrole nitrogens is 1. The van der Waals surface area contributed by atoms with Crippen LogP contribution in [0, 0.1) is 0 Å². The Kier molecular flexibility index (Phi) is 9.40. The summed E-state index contributed by atoms with van der Waals surface area (Å²) in [5, 5.41) is 20.3. The summed E-state index contributed by atoms with van der Waals surface area (Å²) < 4.78 is 42.9. The number of aromatic nitrogens is 2. The van der Waals surface area contributed by atoms with Crippen LogP contribution in [0.3, 0.4) is 0 Å². The number of aliphatic carboxylic acids is 1. The van der Waals surface area contributed by atoms with Crippen LogP contribution in [0.1, 0.15) is 16.1 Å². The maximum Gasteiger partial charge on any atom is 0.490 e. The van der Waals surface area contributed by atoms with Crippen molar-refractivity contribution in [2.24, 2.45) is 0 Å². The van der Waals surface area contributed by atoms with Gasteiger partial charge in [-0.25, -0.2) is 4.79 Å². The molecule has 5 rings (SSSR count). The van der Waals surface area contributed by atoms with E-state index in [2.05, 4.69) is 20.2 Å². The van der Waals surface area contributed by atoms with Crippen LogP contribution in [-0.4, -0.2) is 95.2 Å². The molecule has 214 valence electrons. The highest BCUT2D eigenvalue weighted by molar-refractivity contribution is 5.97. The Bertz CT molecular complexity index is 1310. The van der Waals surface area contributed by atoms with E-state index in [4.69, 9.17) is 19.4 Å². The van der Waals surface area contributed by atoms with Gasteiger partial charge in [0.15, 0.2) is 0 Å². The molecule has 2 aliphatic rings. The van der Waals surface area contributed by atoms with Crippen LogP contribution in [0.2, 0.25) is 0 Å². The van der Waals surface area contributed by atoms with Crippen LogP contribution >= 0.6 is 0 Å². The monoisotopic (exact) mass is 562 g/mol. The molecule has 4 N–H and O–H groups in total. The Morgan fingerprint density at radius 2 is 1.82 bits per heavy atom. The lowest BCUT2D eigenvalue weighted by molar-refractivity contribution is -0.192. The number of carboxylic acid groups (broad SMARTS) is 1. The number of nitrogens with zero attached hydrogens (tertiary/aromatic N) is 2. The van der Waals surface area contributed by atoms with Gasteiger partial charge in [-0.2, -0.15) is 13.2 Å². The lowest BCUT2D eigenvalue weighted by atomic mass is 10.1. The third kappa shape index (κ3) is 7.81. The second kappa shape index (κ2) is 12.9. The van der Waals surface area contributed by atoms with Crippen molar-refractivity contribution < 1.29 is 42.4 Å². The summed E-state index contributed by atoms with van der Waals surface area (Å²) in [4.78, 5) is 31.0. The first-order valence-corrected chi connectivity index (χ1v) is 12.6. The molecule has 0 bridgehead atoms. The van der Waals surface area contributed by atoms with E-state index in [-0.39, 0.29) is 12.5 Å². The molecule has 13 heteroatoms. The summed E-state index contributed by atoms with van der Waals surface area (Å²) in [6.07, 6.45) is -3.05. The topological polar surface area (TPSA) is 137 Å². The highest BCUT2D eigenvalue weighted by Gasteiger charge is 2.38. The van der Waals surface area contributed by atoms with Crippen LogP contribution in [0.15, 0.2) is 48.7 Å². The number of nitrogens with one attached hydrogen (secondary N) is 2. The minimum absolute atomic E-state index is 0.0290. The second-order valence-corrected chi connectivity index (χ2v) is 9.22. The van der Waals surface area contributed by atoms with Gasteiger partial charge in [-0.15, -0.1) is 0 Å². The number of pyridine rings is 1. The number of hydrogen-bond acceptors (Lipinski definition) is 7. The van der Waals surface area contributed by atoms with Gasteiger partial charge in [-0.3, -0.25) is 14.7 Å². The van der Waals surface area contributed by atoms with E-state index in [9.17, 15) is 23.1 Å². The Morgan fingerprint density at radius 3 is 2.48 bits per heavy atom. The molecule has 1 amide bonds. The van der Waals surface area contributed by atoms with Crippen molar-refractivity contribution in [3.8, 4) is 28.3 Å². The summed E-state index contributed by atoms with van der Waals surface area (Å²) in [5.74, 6) is -2.08. The van der Waals surface area contributed by atoms with Crippen LogP contribution in [0.25, 0.3) is 22.5 Å². The first kappa shape index (κ1) is 29.1. The number of morpholine rings is 1. The summed E-state index contributed by atoms with van der Waals surface area (Å²) in [7, 11) is 0. The second-order valence-electron chi connectivity index (χ2n) is 9.22. The minimum atomic E-state index is -5.08. The molecular formula is C27H29F3N4O6. The number of aliphatic hydroxyl groups is 1. The van der Waals surface area contributed by atoms with E-state index in [1.165, 1.54) is 0 Å². The molecule has 3 aromatic rings. The van der Waals surface area contributed by atoms with Gasteiger partial charge in [0.05, 0.1) is 24.5 Å². The SMILES string of the molecule is O=C(O)C(F)(F)F.O=C1NCCc2[nH]c(-c3ccnc(-c4ccc(OCC(O)CN5CCOCC5)cc4)c3)cc21. The molecule has 0 aliphatic carbocycles. The van der Waals surface area contributed by atoms with E-state index >= 15 is 0 Å². The Morgan fingerprint density at radius 1 is 1.12 bits per heavy atom. The van der Waals surface area contributed by atoms with Crippen LogP contribution in [0.5, 0.6) is 5.75 Å². The lowest BCUT2D eigenvalue weighted by Crippen LogP contribution is -2.42. The van der Waals surface area contributed by atoms with Crippen molar-refractivity contribution in [3.05, 3.63) is 59.9 Å². The maximum absolute atomic E-state index is 12.1. The smallest absolute Gasteiger partial charge is 0.490 e. The molecule has 40 heavy (non-hydrogen) atoms. The number of benzene rings is 1. The quantitative estimate of drug-likeness (QED) is 0.345. The van der Waals surface area contributed by atoms with Gasteiger partial charge in [-0.05, 0) is 42.5 Å². The molecular weight excluding hydrogens is 533 g/mol. The van der Waals surface area contributed by atoms with E-state index in [1.807, 2.05) is 42.5 Å². The average molecular weight is 563 g/mol. The molecule has 2 aliphatic heterocycles. The fraction of sp³-hybridized carbons (Fsp3) is 0.370. The summed E-state index contributed by atoms with van der Waals surface area (Å²) in [5.41, 5.74) is 5.38. The van der Waals surface area contributed by atoms with Gasteiger partial charge in [-0.1, -0.05) is 0 Å². The number of alkyl halides is 3. The summed E-state index contributed by atoms with van der Waals surface area (Å²) in [6, 6.07) is 13.6. The zero-order chi connectivity index (χ0) is 28.7. The fourth-order valence-electron chi connectivity index (χ4n) is 4.25. The maximum atomic E-state index is 12.1. The number of fused-ring (bicyclic) bond motifs is 1. The van der Waals surface area contributed by atoms with E-state index in [0.29, 0.717) is 37.6 Å². The first-order valence-electron chi connectivity index (χ1n) is 12.6. The van der Waals surface area contributed by atoms with Crippen molar-refractivity contribution in [1.82, 2.24) is 20.2 Å². The van der Waals surface area contributed by atoms with Crippen molar-refractivity contribution in [2.45, 2.75) is 18.7 Å². The van der Waals surface area contributed by atoms with E-state index in [0.717, 1.165) is 47.7 Å². The number of carboxylic acids is 1. The Balaban J connectivity index is 0.000000470. The molecule has 2 aromatic heterocycles. The van der Waals surface area contributed by atoms with Crippen molar-refractivity contribution in [2.75, 3.05) is 46.0 Å². The molecule has 1 unspecified atom stereocenters. The van der Waals surface area contributed by atoms with Crippen molar-refractivity contribution in [1.29, 1.82) is 0 Å². The van der Waals surface area contributed by atoms with Gasteiger partial charge in [0.25, 0.3) is 5.91 Å². The van der Waals surface area contributed by atoms with E-state index < -0.39 is 18.2 Å². The number of aliphatic hydroxyl groups excluding tert-OH is 1. The number of halogens is 3. The van der Waals surface area contributed by atoms with Gasteiger partial charge in [0, 0.05) is 61.3 Å². The highest BCUT2D eigenvalue weighted by Crippen LogP contribution is 2.28. The molecule has 1 saturated heterocycles. The number of carbonyl (C=O) groups excluding carboxylic acids is 1. The number of β-amino-alcohol motifs (C(OH)–C–C–N with tert-alkyl or cyclic N) is 1. The largest absolute Gasteiger partial charge is 0.491 e. The van der Waals surface area contributed by atoms with Gasteiger partial charge in [0.1, 0.15) is 18.5 Å². The zero-order valence-corrected chi connectivity index (χ0v) is 21.4. The predicted molar refractivity (Wildman–Crippen MR) is 138 cm³/mol. The van der Waals surface area contributed by atoms with Gasteiger partial charge in [0.2, 0.25) is 0 Å². The third-order valence-corrected chi connectivity index (χ3v) is 6.28. The average Bonchev–Trinajstić information content (AvgIpc) is 3.39. The van der Waals surface area contributed by atoms with E-state index in [1.54, 1.807) is 6.20 Å². The van der Waals surface area contributed by atoms with Gasteiger partial charge < -0.3 is 30.0 Å². The lowest BCUT2D eigenvalue weighted by Gasteiger charge is -2.28. The molecule has 4 heterocycles. The zero-order valence-electron chi connectivity index (χ0n) is 21.4. The molecule has 10 nitrogen and oxygen atoms in total. The first-order chi connectivity index (χ1) is 19.1. The summed E-state index contributed by atoms with van der Waals surface area (Å²) >= 11 is 0. The number of rotatable bonds is 7. The number of aromatic amines is 1. The van der Waals surface area contributed by atoms with Crippen LogP contribution in [-0.2, 0) is 16.0 Å². The molecule has 0 spiro atoms. The van der Waals surface area contributed by atoms with Crippen LogP contribution < -0.4 is 10.1 Å². The molecule has 1 atom stereocenters. The number of amides is 1. The number of carbonyl (C=O) groups is 2.